The van der Waals surface area contributed by atoms with Crippen molar-refractivity contribution in [3.05, 3.63) is 59.6 Å². The topological polar surface area (TPSA) is 97.1 Å². The van der Waals surface area contributed by atoms with Gasteiger partial charge in [0, 0.05) is 12.1 Å². The second kappa shape index (κ2) is 9.59. The number of nitrogens with zero attached hydrogens (tertiary/aromatic N) is 3. The van der Waals surface area contributed by atoms with Crippen LogP contribution >= 0.6 is 0 Å². The second-order valence-corrected chi connectivity index (χ2v) is 7.39. The fourth-order valence-corrected chi connectivity index (χ4v) is 3.36. The molecule has 1 heterocycles. The molecule has 1 unspecified atom stereocenters. The highest BCUT2D eigenvalue weighted by atomic mass is 19.4. The Kier molecular flexibility index (Phi) is 7.40. The van der Waals surface area contributed by atoms with Crippen LogP contribution in [0.15, 0.2) is 48.8 Å². The third kappa shape index (κ3) is 5.70. The van der Waals surface area contributed by atoms with Crippen molar-refractivity contribution in [1.29, 1.82) is 5.26 Å². The van der Waals surface area contributed by atoms with Crippen LogP contribution in [0.3, 0.4) is 0 Å². The molecular weight excluding hydrogens is 397 g/mol. The number of pyridine rings is 1. The van der Waals surface area contributed by atoms with Gasteiger partial charge in [-0.15, -0.1) is 0 Å². The highest BCUT2D eigenvalue weighted by Crippen LogP contribution is 2.40. The van der Waals surface area contributed by atoms with E-state index in [4.69, 9.17) is 11.0 Å². The molecule has 1 aromatic carbocycles. The number of benzene rings is 1. The van der Waals surface area contributed by atoms with Crippen molar-refractivity contribution in [2.75, 3.05) is 6.54 Å². The van der Waals surface area contributed by atoms with Gasteiger partial charge in [-0.25, -0.2) is 0 Å². The monoisotopic (exact) mass is 420 g/mol. The molecule has 2 aromatic rings. The average molecular weight is 420 g/mol. The highest BCUT2D eigenvalue weighted by Gasteiger charge is 2.47. The minimum atomic E-state index is -4.73. The number of hydrogen-bond acceptors (Lipinski definition) is 4. The summed E-state index contributed by atoms with van der Waals surface area (Å²) in [6.07, 6.45) is -2.05. The summed E-state index contributed by atoms with van der Waals surface area (Å²) in [5.74, 6) is -0.998. The van der Waals surface area contributed by atoms with Gasteiger partial charge in [0.05, 0.1) is 18.7 Å². The van der Waals surface area contributed by atoms with Crippen molar-refractivity contribution in [3.8, 4) is 17.2 Å². The van der Waals surface area contributed by atoms with Gasteiger partial charge >= 0.3 is 6.18 Å². The van der Waals surface area contributed by atoms with Crippen molar-refractivity contribution in [2.45, 2.75) is 38.5 Å². The van der Waals surface area contributed by atoms with Gasteiger partial charge in [-0.3, -0.25) is 9.69 Å². The minimum Gasteiger partial charge on any atom is -0.619 e. The van der Waals surface area contributed by atoms with Gasteiger partial charge in [0.25, 0.3) is 0 Å². The molecule has 0 aliphatic heterocycles. The van der Waals surface area contributed by atoms with Crippen LogP contribution in [0, 0.1) is 22.5 Å². The number of rotatable bonds is 8. The summed E-state index contributed by atoms with van der Waals surface area (Å²) in [7, 11) is 0. The number of nitriles is 1. The van der Waals surface area contributed by atoms with Crippen molar-refractivity contribution < 1.29 is 22.7 Å². The van der Waals surface area contributed by atoms with E-state index in [1.165, 1.54) is 36.7 Å². The molecule has 30 heavy (non-hydrogen) atoms. The molecule has 0 saturated heterocycles. The van der Waals surface area contributed by atoms with Crippen LogP contribution in [0.1, 0.15) is 31.9 Å². The van der Waals surface area contributed by atoms with Crippen LogP contribution in [0.5, 0.6) is 0 Å². The molecule has 1 aromatic heterocycles. The maximum Gasteiger partial charge on any atom is 0.408 e. The van der Waals surface area contributed by atoms with Crippen molar-refractivity contribution in [2.24, 2.45) is 11.7 Å². The largest absolute Gasteiger partial charge is 0.619 e. The van der Waals surface area contributed by atoms with Crippen LogP contribution in [-0.2, 0) is 4.79 Å². The maximum absolute atomic E-state index is 14.1. The quantitative estimate of drug-likeness (QED) is 0.402. The number of alkyl halides is 3. The number of carbonyl (C=O) groups excluding carboxylic acids is 1. The number of amides is 1. The van der Waals surface area contributed by atoms with Crippen LogP contribution in [0.2, 0.25) is 0 Å². The van der Waals surface area contributed by atoms with E-state index in [1.54, 1.807) is 32.0 Å². The molecule has 0 spiro atoms. The van der Waals surface area contributed by atoms with E-state index in [0.717, 1.165) is 4.90 Å². The van der Waals surface area contributed by atoms with Crippen LogP contribution in [0.4, 0.5) is 13.2 Å². The summed E-state index contributed by atoms with van der Waals surface area (Å²) in [6.45, 7) is 2.93. The highest BCUT2D eigenvalue weighted by molar-refractivity contribution is 5.80. The lowest BCUT2D eigenvalue weighted by Gasteiger charge is -2.37. The van der Waals surface area contributed by atoms with Gasteiger partial charge in [0.15, 0.2) is 12.4 Å². The molecule has 1 amide bonds. The molecular formula is C21H23F3N4O2. The van der Waals surface area contributed by atoms with Gasteiger partial charge in [-0.1, -0.05) is 38.1 Å². The zero-order chi connectivity index (χ0) is 22.5. The normalized spacial score (nSPS) is 13.8. The predicted molar refractivity (Wildman–Crippen MR) is 104 cm³/mol. The zero-order valence-electron chi connectivity index (χ0n) is 16.6. The molecule has 9 heteroatoms. The molecule has 0 fully saturated rings. The first-order chi connectivity index (χ1) is 14.0. The first kappa shape index (κ1) is 23.2. The molecule has 160 valence electrons. The Morgan fingerprint density at radius 2 is 1.70 bits per heavy atom. The third-order valence-corrected chi connectivity index (χ3v) is 4.68. The lowest BCUT2D eigenvalue weighted by Crippen LogP contribution is -2.51. The Labute approximate surface area is 172 Å². The summed E-state index contributed by atoms with van der Waals surface area (Å²) in [4.78, 5) is 12.8. The summed E-state index contributed by atoms with van der Waals surface area (Å²) in [5, 5.41) is 20.3. The molecule has 6 nitrogen and oxygen atoms in total. The molecule has 0 radical (unpaired) electrons. The fraction of sp³-hybridized carbons (Fsp3) is 0.381. The zero-order valence-corrected chi connectivity index (χ0v) is 16.6. The lowest BCUT2D eigenvalue weighted by molar-refractivity contribution is -0.605. The first-order valence-corrected chi connectivity index (χ1v) is 9.32. The van der Waals surface area contributed by atoms with E-state index >= 15 is 0 Å². The van der Waals surface area contributed by atoms with Gasteiger partial charge < -0.3 is 10.9 Å². The van der Waals surface area contributed by atoms with Gasteiger partial charge in [0.1, 0.15) is 6.04 Å². The molecule has 2 N–H and O–H groups in total. The van der Waals surface area contributed by atoms with Crippen LogP contribution in [-0.4, -0.2) is 29.6 Å². The Bertz CT molecular complexity index is 890. The molecule has 0 saturated carbocycles. The Hall–Kier alpha value is -3.12. The standard InChI is InChI=1S/C21H23F3N4O2/c1-14(2)13-18(20(26)29)28(12-9-25)19(21(22,23)24)17-5-3-15(4-6-17)16-7-10-27(30)11-8-16/h3-8,10-11,14,18-19H,12-13H2,1-2H3,(H2,26,29)/t18-,19?/m0/s1. The maximum atomic E-state index is 14.1. The fourth-order valence-electron chi connectivity index (χ4n) is 3.36. The molecule has 0 bridgehead atoms. The number of nitrogens with two attached hydrogens (primary N) is 1. The van der Waals surface area contributed by atoms with Crippen molar-refractivity contribution in [3.63, 3.8) is 0 Å². The number of aromatic nitrogens is 1. The van der Waals surface area contributed by atoms with E-state index in [0.29, 0.717) is 15.9 Å². The van der Waals surface area contributed by atoms with Crippen molar-refractivity contribution in [1.82, 2.24) is 4.90 Å². The summed E-state index contributed by atoms with van der Waals surface area (Å²) >= 11 is 0. The summed E-state index contributed by atoms with van der Waals surface area (Å²) < 4.78 is 42.8. The smallest absolute Gasteiger partial charge is 0.408 e. The Balaban J connectivity index is 2.48. The molecule has 2 atom stereocenters. The van der Waals surface area contributed by atoms with Crippen molar-refractivity contribution >= 4 is 5.91 Å². The van der Waals surface area contributed by atoms with Gasteiger partial charge in [-0.05, 0) is 29.0 Å². The molecule has 0 aliphatic carbocycles. The lowest BCUT2D eigenvalue weighted by atomic mass is 9.95. The summed E-state index contributed by atoms with van der Waals surface area (Å²) in [5.41, 5.74) is 6.59. The number of carbonyl (C=O) groups is 1. The predicted octanol–water partition coefficient (Wildman–Crippen LogP) is 3.32. The van der Waals surface area contributed by atoms with E-state index in [1.807, 2.05) is 0 Å². The first-order valence-electron chi connectivity index (χ1n) is 9.32. The second-order valence-electron chi connectivity index (χ2n) is 7.39. The number of halogens is 3. The SMILES string of the molecule is CC(C)C[C@@H](C(N)=O)N(CC#N)C(c1ccc(-c2cc[n+]([O-])cc2)cc1)C(F)(F)F. The molecule has 0 aliphatic rings. The number of hydrogen-bond donors (Lipinski definition) is 1. The van der Waals surface area contributed by atoms with E-state index < -0.39 is 30.7 Å². The van der Waals surface area contributed by atoms with Gasteiger partial charge in [0.2, 0.25) is 5.91 Å². The average Bonchev–Trinajstić information content (AvgIpc) is 2.66. The number of primary amides is 1. The third-order valence-electron chi connectivity index (χ3n) is 4.68. The van der Waals surface area contributed by atoms with Crippen LogP contribution < -0.4 is 10.5 Å². The molecule has 2 rings (SSSR count). The van der Waals surface area contributed by atoms with Gasteiger partial charge in [-0.2, -0.15) is 23.2 Å². The minimum absolute atomic E-state index is 0.0955. The Morgan fingerprint density at radius 1 is 1.17 bits per heavy atom. The van der Waals surface area contributed by atoms with E-state index in [9.17, 15) is 23.2 Å². The Morgan fingerprint density at radius 3 is 2.13 bits per heavy atom. The van der Waals surface area contributed by atoms with Crippen LogP contribution in [0.25, 0.3) is 11.1 Å². The summed E-state index contributed by atoms with van der Waals surface area (Å²) in [6, 6.07) is 7.06. The van der Waals surface area contributed by atoms with E-state index in [-0.39, 0.29) is 17.9 Å². The van der Waals surface area contributed by atoms with E-state index in [2.05, 4.69) is 0 Å².